The maximum atomic E-state index is 9.74. The number of aliphatic hydroxyl groups is 2. The first-order valence-electron chi connectivity index (χ1n) is 6.10. The van der Waals surface area contributed by atoms with Gasteiger partial charge in [0.1, 0.15) is 0 Å². The van der Waals surface area contributed by atoms with Gasteiger partial charge in [0.25, 0.3) is 0 Å². The Morgan fingerprint density at radius 2 is 2.00 bits per heavy atom. The minimum atomic E-state index is -0.187. The predicted molar refractivity (Wildman–Crippen MR) is 58.1 cm³/mol. The van der Waals surface area contributed by atoms with Crippen LogP contribution in [0.25, 0.3) is 0 Å². The number of hydrogen-bond donors (Lipinski definition) is 2. The molecule has 0 aliphatic heterocycles. The van der Waals surface area contributed by atoms with E-state index in [2.05, 4.69) is 6.92 Å². The highest BCUT2D eigenvalue weighted by Gasteiger charge is 2.24. The minimum absolute atomic E-state index is 0.153. The summed E-state index contributed by atoms with van der Waals surface area (Å²) in [6.45, 7) is 2.14. The van der Waals surface area contributed by atoms with Crippen LogP contribution in [-0.4, -0.2) is 22.4 Å². The standard InChI is InChI=1S/C12H24O2/c1-2-3-7-11(13)9-10-6-4-5-8-12(10)14/h10-14H,2-9H2,1H3. The third-order valence-corrected chi connectivity index (χ3v) is 3.33. The molecule has 3 unspecified atom stereocenters. The van der Waals surface area contributed by atoms with Crippen LogP contribution < -0.4 is 0 Å². The van der Waals surface area contributed by atoms with Gasteiger partial charge in [-0.05, 0) is 31.6 Å². The summed E-state index contributed by atoms with van der Waals surface area (Å²) < 4.78 is 0. The van der Waals surface area contributed by atoms with Crippen molar-refractivity contribution in [3.63, 3.8) is 0 Å². The van der Waals surface area contributed by atoms with E-state index in [1.807, 2.05) is 0 Å². The van der Waals surface area contributed by atoms with Gasteiger partial charge >= 0.3 is 0 Å². The van der Waals surface area contributed by atoms with Crippen molar-refractivity contribution in [2.24, 2.45) is 5.92 Å². The fraction of sp³-hybridized carbons (Fsp3) is 1.00. The van der Waals surface area contributed by atoms with Crippen LogP contribution in [0, 0.1) is 5.92 Å². The van der Waals surface area contributed by atoms with Crippen LogP contribution in [0.5, 0.6) is 0 Å². The van der Waals surface area contributed by atoms with Gasteiger partial charge in [-0.2, -0.15) is 0 Å². The first-order chi connectivity index (χ1) is 6.74. The van der Waals surface area contributed by atoms with Crippen LogP contribution in [0.3, 0.4) is 0 Å². The monoisotopic (exact) mass is 200 g/mol. The van der Waals surface area contributed by atoms with Crippen molar-refractivity contribution < 1.29 is 10.2 Å². The second kappa shape index (κ2) is 6.41. The Hall–Kier alpha value is -0.0800. The summed E-state index contributed by atoms with van der Waals surface area (Å²) >= 11 is 0. The van der Waals surface area contributed by atoms with Gasteiger partial charge in [0.2, 0.25) is 0 Å². The van der Waals surface area contributed by atoms with E-state index in [4.69, 9.17) is 0 Å². The lowest BCUT2D eigenvalue weighted by Gasteiger charge is -2.29. The Labute approximate surface area is 87.3 Å². The topological polar surface area (TPSA) is 40.5 Å². The van der Waals surface area contributed by atoms with Crippen molar-refractivity contribution in [3.8, 4) is 0 Å². The van der Waals surface area contributed by atoms with E-state index in [-0.39, 0.29) is 12.2 Å². The number of hydrogen-bond acceptors (Lipinski definition) is 2. The van der Waals surface area contributed by atoms with Crippen molar-refractivity contribution >= 4 is 0 Å². The molecule has 0 aromatic carbocycles. The van der Waals surface area contributed by atoms with Gasteiger partial charge < -0.3 is 10.2 Å². The molecule has 0 bridgehead atoms. The summed E-state index contributed by atoms with van der Waals surface area (Å²) in [5.41, 5.74) is 0. The largest absolute Gasteiger partial charge is 0.393 e. The van der Waals surface area contributed by atoms with Gasteiger partial charge in [0.15, 0.2) is 0 Å². The highest BCUT2D eigenvalue weighted by Crippen LogP contribution is 2.28. The van der Waals surface area contributed by atoms with Gasteiger partial charge in [-0.3, -0.25) is 0 Å². The molecular weight excluding hydrogens is 176 g/mol. The second-order valence-corrected chi connectivity index (χ2v) is 4.64. The maximum absolute atomic E-state index is 9.74. The molecular formula is C12H24O2. The van der Waals surface area contributed by atoms with Crippen LogP contribution in [-0.2, 0) is 0 Å². The second-order valence-electron chi connectivity index (χ2n) is 4.64. The molecule has 14 heavy (non-hydrogen) atoms. The van der Waals surface area contributed by atoms with Crippen LogP contribution in [0.1, 0.15) is 58.3 Å². The highest BCUT2D eigenvalue weighted by molar-refractivity contribution is 4.76. The van der Waals surface area contributed by atoms with Crippen molar-refractivity contribution in [1.29, 1.82) is 0 Å². The lowest BCUT2D eigenvalue weighted by Crippen LogP contribution is -2.28. The molecule has 84 valence electrons. The van der Waals surface area contributed by atoms with Gasteiger partial charge in [-0.25, -0.2) is 0 Å². The molecule has 0 radical (unpaired) electrons. The van der Waals surface area contributed by atoms with Crippen LogP contribution in [0.4, 0.5) is 0 Å². The maximum Gasteiger partial charge on any atom is 0.0569 e. The third-order valence-electron chi connectivity index (χ3n) is 3.33. The fourth-order valence-corrected chi connectivity index (χ4v) is 2.37. The summed E-state index contributed by atoms with van der Waals surface area (Å²) in [5, 5.41) is 19.5. The van der Waals surface area contributed by atoms with Crippen molar-refractivity contribution in [2.45, 2.75) is 70.5 Å². The SMILES string of the molecule is CCCCC(O)CC1CCCCC1O. The lowest BCUT2D eigenvalue weighted by molar-refractivity contribution is 0.0311. The molecule has 0 aromatic heterocycles. The molecule has 1 aliphatic carbocycles. The fourth-order valence-electron chi connectivity index (χ4n) is 2.37. The van der Waals surface area contributed by atoms with Gasteiger partial charge in [-0.1, -0.05) is 32.6 Å². The first-order valence-corrected chi connectivity index (χ1v) is 6.10. The zero-order chi connectivity index (χ0) is 10.4. The van der Waals surface area contributed by atoms with Crippen LogP contribution in [0.2, 0.25) is 0 Å². The quantitative estimate of drug-likeness (QED) is 0.715. The molecule has 2 heteroatoms. The molecule has 3 atom stereocenters. The zero-order valence-corrected chi connectivity index (χ0v) is 9.28. The summed E-state index contributed by atoms with van der Waals surface area (Å²) in [4.78, 5) is 0. The minimum Gasteiger partial charge on any atom is -0.393 e. The Balaban J connectivity index is 2.20. The average molecular weight is 200 g/mol. The number of unbranched alkanes of at least 4 members (excludes halogenated alkanes) is 1. The molecule has 0 aromatic rings. The predicted octanol–water partition coefficient (Wildman–Crippen LogP) is 2.48. The average Bonchev–Trinajstić information content (AvgIpc) is 2.18. The normalized spacial score (nSPS) is 30.2. The summed E-state index contributed by atoms with van der Waals surface area (Å²) in [6.07, 6.45) is 8.03. The molecule has 1 fully saturated rings. The number of rotatable bonds is 5. The lowest BCUT2D eigenvalue weighted by atomic mass is 9.82. The van der Waals surface area contributed by atoms with Crippen molar-refractivity contribution in [1.82, 2.24) is 0 Å². The summed E-state index contributed by atoms with van der Waals surface area (Å²) in [5.74, 6) is 0.357. The Kier molecular flexibility index (Phi) is 5.49. The molecule has 1 saturated carbocycles. The molecule has 2 N–H and O–H groups in total. The van der Waals surface area contributed by atoms with E-state index >= 15 is 0 Å². The van der Waals surface area contributed by atoms with Crippen LogP contribution in [0.15, 0.2) is 0 Å². The first kappa shape index (κ1) is 12.0. The Bertz CT molecular complexity index is 147. The van der Waals surface area contributed by atoms with Gasteiger partial charge in [0, 0.05) is 0 Å². The third kappa shape index (κ3) is 3.97. The van der Waals surface area contributed by atoms with Crippen molar-refractivity contribution in [3.05, 3.63) is 0 Å². The molecule has 1 rings (SSSR count). The van der Waals surface area contributed by atoms with E-state index in [1.165, 1.54) is 6.42 Å². The Morgan fingerprint density at radius 3 is 2.64 bits per heavy atom. The van der Waals surface area contributed by atoms with E-state index in [0.29, 0.717) is 5.92 Å². The highest BCUT2D eigenvalue weighted by atomic mass is 16.3. The molecule has 0 spiro atoms. The van der Waals surface area contributed by atoms with E-state index in [0.717, 1.165) is 44.9 Å². The smallest absolute Gasteiger partial charge is 0.0569 e. The molecule has 2 nitrogen and oxygen atoms in total. The summed E-state index contributed by atoms with van der Waals surface area (Å²) in [7, 11) is 0. The van der Waals surface area contributed by atoms with Crippen LogP contribution >= 0.6 is 0 Å². The van der Waals surface area contributed by atoms with Gasteiger partial charge in [0.05, 0.1) is 12.2 Å². The van der Waals surface area contributed by atoms with E-state index in [1.54, 1.807) is 0 Å². The number of aliphatic hydroxyl groups excluding tert-OH is 2. The Morgan fingerprint density at radius 1 is 1.29 bits per heavy atom. The van der Waals surface area contributed by atoms with E-state index < -0.39 is 0 Å². The molecule has 1 aliphatic rings. The molecule has 0 amide bonds. The van der Waals surface area contributed by atoms with Gasteiger partial charge in [-0.15, -0.1) is 0 Å². The molecule has 0 heterocycles. The van der Waals surface area contributed by atoms with Crippen molar-refractivity contribution in [2.75, 3.05) is 0 Å². The zero-order valence-electron chi connectivity index (χ0n) is 9.28. The summed E-state index contributed by atoms with van der Waals surface area (Å²) in [6, 6.07) is 0. The van der Waals surface area contributed by atoms with E-state index in [9.17, 15) is 10.2 Å². The molecule has 0 saturated heterocycles.